The molecule has 1 heterocycles. The first-order chi connectivity index (χ1) is 13.0. The Morgan fingerprint density at radius 1 is 1.11 bits per heavy atom. The fourth-order valence-electron chi connectivity index (χ4n) is 3.92. The van der Waals surface area contributed by atoms with Gasteiger partial charge in [0, 0.05) is 24.8 Å². The number of anilines is 3. The molecule has 2 aromatic rings. The molecule has 5 nitrogen and oxygen atoms in total. The third-order valence-electron chi connectivity index (χ3n) is 5.66. The van der Waals surface area contributed by atoms with Crippen molar-refractivity contribution >= 4 is 23.0 Å². The van der Waals surface area contributed by atoms with E-state index in [9.17, 15) is 4.79 Å². The summed E-state index contributed by atoms with van der Waals surface area (Å²) in [5, 5.41) is 3.60. The number of ether oxygens (including phenoxy) is 1. The number of methoxy groups -OCH3 is 1. The second kappa shape index (κ2) is 6.80. The standard InChI is InChI=1S/C22H27N3O2/c1-14(16-5-10-19(27-4)11-6-16)23-17-7-12-20-21(13-17)25(18-8-9-18)15(2)22(26)24(20)3/h5-7,10-15,18,23H,8-9H2,1-4H3/t14-,15?/m0/s1. The summed E-state index contributed by atoms with van der Waals surface area (Å²) in [6, 6.07) is 15.0. The maximum absolute atomic E-state index is 12.6. The summed E-state index contributed by atoms with van der Waals surface area (Å²) in [6.45, 7) is 4.17. The molecule has 5 heteroatoms. The van der Waals surface area contributed by atoms with E-state index in [4.69, 9.17) is 4.74 Å². The summed E-state index contributed by atoms with van der Waals surface area (Å²) < 4.78 is 5.24. The lowest BCUT2D eigenvalue weighted by molar-refractivity contribution is -0.119. The molecule has 2 aliphatic rings. The molecular formula is C22H27N3O2. The van der Waals surface area contributed by atoms with Crippen LogP contribution in [-0.2, 0) is 4.79 Å². The Kier molecular flexibility index (Phi) is 4.46. The van der Waals surface area contributed by atoms with Crippen LogP contribution >= 0.6 is 0 Å². The highest BCUT2D eigenvalue weighted by Gasteiger charge is 2.41. The Morgan fingerprint density at radius 2 is 1.81 bits per heavy atom. The smallest absolute Gasteiger partial charge is 0.249 e. The van der Waals surface area contributed by atoms with Crippen LogP contribution in [0.3, 0.4) is 0 Å². The molecule has 0 aromatic heterocycles. The average molecular weight is 365 g/mol. The molecule has 27 heavy (non-hydrogen) atoms. The third kappa shape index (κ3) is 3.22. The fourth-order valence-corrected chi connectivity index (χ4v) is 3.92. The van der Waals surface area contributed by atoms with Crippen LogP contribution in [0.1, 0.15) is 38.3 Å². The van der Waals surface area contributed by atoms with Crippen LogP contribution < -0.4 is 19.9 Å². The monoisotopic (exact) mass is 365 g/mol. The van der Waals surface area contributed by atoms with Crippen molar-refractivity contribution < 1.29 is 9.53 Å². The lowest BCUT2D eigenvalue weighted by Gasteiger charge is -2.41. The van der Waals surface area contributed by atoms with Crippen molar-refractivity contribution in [3.8, 4) is 5.75 Å². The van der Waals surface area contributed by atoms with E-state index in [2.05, 4.69) is 47.5 Å². The number of amides is 1. The Morgan fingerprint density at radius 3 is 2.44 bits per heavy atom. The zero-order chi connectivity index (χ0) is 19.1. The van der Waals surface area contributed by atoms with Gasteiger partial charge in [0.25, 0.3) is 0 Å². The summed E-state index contributed by atoms with van der Waals surface area (Å²) in [7, 11) is 3.55. The van der Waals surface area contributed by atoms with E-state index < -0.39 is 0 Å². The lowest BCUT2D eigenvalue weighted by Crippen LogP contribution is -2.51. The molecule has 0 radical (unpaired) electrons. The number of hydrogen-bond donors (Lipinski definition) is 1. The number of carbonyl (C=O) groups excluding carboxylic acids is 1. The maximum Gasteiger partial charge on any atom is 0.249 e. The molecule has 1 amide bonds. The van der Waals surface area contributed by atoms with E-state index in [1.54, 1.807) is 12.0 Å². The van der Waals surface area contributed by atoms with E-state index in [-0.39, 0.29) is 18.0 Å². The second-order valence-corrected chi connectivity index (χ2v) is 7.55. The lowest BCUT2D eigenvalue weighted by atomic mass is 10.1. The number of fused-ring (bicyclic) bond motifs is 1. The van der Waals surface area contributed by atoms with Gasteiger partial charge in [-0.1, -0.05) is 12.1 Å². The van der Waals surface area contributed by atoms with Crippen molar-refractivity contribution in [3.63, 3.8) is 0 Å². The third-order valence-corrected chi connectivity index (χ3v) is 5.66. The van der Waals surface area contributed by atoms with Gasteiger partial charge >= 0.3 is 0 Å². The van der Waals surface area contributed by atoms with Gasteiger partial charge in [-0.3, -0.25) is 4.79 Å². The quantitative estimate of drug-likeness (QED) is 0.862. The number of benzene rings is 2. The number of nitrogens with zero attached hydrogens (tertiary/aromatic N) is 2. The SMILES string of the molecule is COc1ccc([C@H](C)Nc2ccc3c(c2)N(C2CC2)C(C)C(=O)N3C)cc1. The molecule has 1 unspecified atom stereocenters. The second-order valence-electron chi connectivity index (χ2n) is 7.55. The number of carbonyl (C=O) groups is 1. The predicted molar refractivity (Wildman–Crippen MR) is 110 cm³/mol. The van der Waals surface area contributed by atoms with Crippen LogP contribution in [0.15, 0.2) is 42.5 Å². The van der Waals surface area contributed by atoms with Gasteiger partial charge < -0.3 is 19.9 Å². The summed E-state index contributed by atoms with van der Waals surface area (Å²) in [4.78, 5) is 16.7. The van der Waals surface area contributed by atoms with E-state index in [0.717, 1.165) is 22.8 Å². The minimum absolute atomic E-state index is 0.107. The van der Waals surface area contributed by atoms with E-state index >= 15 is 0 Å². The van der Waals surface area contributed by atoms with Crippen molar-refractivity contribution in [2.45, 2.75) is 44.8 Å². The molecule has 2 atom stereocenters. The molecular weight excluding hydrogens is 338 g/mol. The molecule has 142 valence electrons. The summed E-state index contributed by atoms with van der Waals surface area (Å²) in [5.41, 5.74) is 4.41. The van der Waals surface area contributed by atoms with Gasteiger partial charge in [-0.05, 0) is 62.6 Å². The molecule has 0 bridgehead atoms. The maximum atomic E-state index is 12.6. The number of hydrogen-bond acceptors (Lipinski definition) is 4. The summed E-state index contributed by atoms with van der Waals surface area (Å²) in [5.74, 6) is 1.03. The molecule has 1 aliphatic heterocycles. The van der Waals surface area contributed by atoms with Gasteiger partial charge in [0.05, 0.1) is 18.5 Å². The first-order valence-corrected chi connectivity index (χ1v) is 9.60. The van der Waals surface area contributed by atoms with Crippen LogP contribution in [0.4, 0.5) is 17.1 Å². The number of likely N-dealkylation sites (N-methyl/N-ethyl adjacent to an activating group) is 1. The number of nitrogens with one attached hydrogen (secondary N) is 1. The minimum Gasteiger partial charge on any atom is -0.497 e. The van der Waals surface area contributed by atoms with Gasteiger partial charge in [-0.15, -0.1) is 0 Å². The Bertz CT molecular complexity index is 845. The van der Waals surface area contributed by atoms with Gasteiger partial charge in [-0.2, -0.15) is 0 Å². The molecule has 1 N–H and O–H groups in total. The molecule has 1 aliphatic carbocycles. The van der Waals surface area contributed by atoms with Crippen molar-refractivity contribution in [3.05, 3.63) is 48.0 Å². The van der Waals surface area contributed by atoms with Crippen LogP contribution in [0.2, 0.25) is 0 Å². The summed E-state index contributed by atoms with van der Waals surface area (Å²) in [6.07, 6.45) is 2.33. The van der Waals surface area contributed by atoms with Crippen LogP contribution in [0.25, 0.3) is 0 Å². The Labute approximate surface area is 160 Å². The van der Waals surface area contributed by atoms with Crippen molar-refractivity contribution in [1.29, 1.82) is 0 Å². The molecule has 2 aromatic carbocycles. The normalized spacial score (nSPS) is 20.3. The Balaban J connectivity index is 1.60. The van der Waals surface area contributed by atoms with Crippen LogP contribution in [-0.4, -0.2) is 32.1 Å². The van der Waals surface area contributed by atoms with Gasteiger partial charge in [0.15, 0.2) is 0 Å². The van der Waals surface area contributed by atoms with Crippen molar-refractivity contribution in [2.24, 2.45) is 0 Å². The molecule has 0 saturated heterocycles. The zero-order valence-corrected chi connectivity index (χ0v) is 16.4. The van der Waals surface area contributed by atoms with E-state index in [1.807, 2.05) is 26.1 Å². The molecule has 0 spiro atoms. The Hall–Kier alpha value is -2.69. The highest BCUT2D eigenvalue weighted by atomic mass is 16.5. The highest BCUT2D eigenvalue weighted by molar-refractivity contribution is 6.05. The molecule has 4 rings (SSSR count). The summed E-state index contributed by atoms with van der Waals surface area (Å²) >= 11 is 0. The van der Waals surface area contributed by atoms with Crippen molar-refractivity contribution in [1.82, 2.24) is 0 Å². The number of rotatable bonds is 5. The topological polar surface area (TPSA) is 44.8 Å². The largest absolute Gasteiger partial charge is 0.497 e. The van der Waals surface area contributed by atoms with E-state index in [0.29, 0.717) is 6.04 Å². The van der Waals surface area contributed by atoms with Gasteiger partial charge in [-0.25, -0.2) is 0 Å². The van der Waals surface area contributed by atoms with Crippen molar-refractivity contribution in [2.75, 3.05) is 29.3 Å². The van der Waals surface area contributed by atoms with Crippen LogP contribution in [0, 0.1) is 0 Å². The minimum atomic E-state index is -0.107. The van der Waals surface area contributed by atoms with Crippen LogP contribution in [0.5, 0.6) is 5.75 Å². The molecule has 1 saturated carbocycles. The first-order valence-electron chi connectivity index (χ1n) is 9.60. The van der Waals surface area contributed by atoms with E-state index in [1.165, 1.54) is 18.4 Å². The molecule has 1 fully saturated rings. The first kappa shape index (κ1) is 17.7. The zero-order valence-electron chi connectivity index (χ0n) is 16.4. The van der Waals surface area contributed by atoms with Gasteiger partial charge in [0.1, 0.15) is 11.8 Å². The fraction of sp³-hybridized carbons (Fsp3) is 0.409. The predicted octanol–water partition coefficient (Wildman–Crippen LogP) is 4.20. The average Bonchev–Trinajstić information content (AvgIpc) is 3.51. The highest BCUT2D eigenvalue weighted by Crippen LogP contribution is 2.43. The van der Waals surface area contributed by atoms with Gasteiger partial charge in [0.2, 0.25) is 5.91 Å².